The maximum atomic E-state index is 8.94. The van der Waals surface area contributed by atoms with Crippen LogP contribution in [0.5, 0.6) is 5.88 Å². The number of aliphatic hydroxyl groups is 1. The number of hydrogen-bond acceptors (Lipinski definition) is 6. The van der Waals surface area contributed by atoms with Gasteiger partial charge in [0.05, 0.1) is 12.3 Å². The van der Waals surface area contributed by atoms with Crippen molar-refractivity contribution in [1.29, 1.82) is 5.26 Å². The molecular formula is C9H10N4O2. The normalized spacial score (nSPS) is 18.0. The Kier molecular flexibility index (Phi) is 2.10. The molecule has 0 bridgehead atoms. The molecule has 1 aromatic heterocycles. The molecule has 6 nitrogen and oxygen atoms in total. The summed E-state index contributed by atoms with van der Waals surface area (Å²) in [7, 11) is 0. The van der Waals surface area contributed by atoms with Crippen LogP contribution in [0, 0.1) is 11.3 Å². The highest BCUT2D eigenvalue weighted by atomic mass is 16.5. The number of aromatic nitrogens is 1. The molecule has 0 saturated carbocycles. The van der Waals surface area contributed by atoms with Gasteiger partial charge in [-0.15, -0.1) is 0 Å². The zero-order valence-electron chi connectivity index (χ0n) is 7.90. The van der Waals surface area contributed by atoms with Crippen molar-refractivity contribution in [3.05, 3.63) is 11.1 Å². The van der Waals surface area contributed by atoms with Gasteiger partial charge >= 0.3 is 0 Å². The first-order valence-corrected chi connectivity index (χ1v) is 4.42. The van der Waals surface area contributed by atoms with Crippen LogP contribution in [-0.2, 0) is 6.42 Å². The Hall–Kier alpha value is -2.00. The maximum absolute atomic E-state index is 8.94. The van der Waals surface area contributed by atoms with Crippen molar-refractivity contribution < 1.29 is 9.84 Å². The van der Waals surface area contributed by atoms with Crippen LogP contribution in [0.1, 0.15) is 11.1 Å². The van der Waals surface area contributed by atoms with E-state index >= 15 is 0 Å². The minimum absolute atomic E-state index is 0.0624. The summed E-state index contributed by atoms with van der Waals surface area (Å²) < 4.78 is 5.29. The Bertz CT molecular complexity index is 452. The number of rotatable bonds is 1. The lowest BCUT2D eigenvalue weighted by Crippen LogP contribution is -2.17. The Labute approximate surface area is 86.1 Å². The lowest BCUT2D eigenvalue weighted by atomic mass is 10.1. The van der Waals surface area contributed by atoms with Crippen LogP contribution >= 0.6 is 0 Å². The first-order chi connectivity index (χ1) is 7.17. The molecule has 2 rings (SSSR count). The van der Waals surface area contributed by atoms with Gasteiger partial charge in [0.15, 0.2) is 0 Å². The smallest absolute Gasteiger partial charge is 0.221 e. The van der Waals surface area contributed by atoms with Crippen LogP contribution < -0.4 is 16.2 Å². The van der Waals surface area contributed by atoms with Crippen molar-refractivity contribution in [2.24, 2.45) is 0 Å². The van der Waals surface area contributed by atoms with Crippen LogP contribution in [-0.4, -0.2) is 22.8 Å². The van der Waals surface area contributed by atoms with Crippen molar-refractivity contribution in [2.45, 2.75) is 12.5 Å². The topological polar surface area (TPSA) is 118 Å². The fourth-order valence-electron chi connectivity index (χ4n) is 1.58. The minimum atomic E-state index is -0.344. The van der Waals surface area contributed by atoms with E-state index in [2.05, 4.69) is 4.98 Å². The number of nitriles is 1. The number of anilines is 2. The van der Waals surface area contributed by atoms with Gasteiger partial charge in [-0.1, -0.05) is 0 Å². The SMILES string of the molecule is N#Cc1c(N)nc2c(c1N)C[C@H](CO)O2. The molecule has 1 aliphatic heterocycles. The summed E-state index contributed by atoms with van der Waals surface area (Å²) in [6.45, 7) is -0.114. The molecular weight excluding hydrogens is 196 g/mol. The standard InChI is InChI=1S/C9H10N4O2/c10-2-6-7(11)5-1-4(3-14)15-9(5)13-8(6)12/h4,14H,1,3H2,(H4,11,12,13)/t4-/m1/s1. The average Bonchev–Trinajstić information content (AvgIpc) is 2.61. The molecule has 1 atom stereocenters. The van der Waals surface area contributed by atoms with Crippen molar-refractivity contribution in [3.8, 4) is 11.9 Å². The second-order valence-electron chi connectivity index (χ2n) is 3.31. The minimum Gasteiger partial charge on any atom is -0.471 e. The number of nitrogens with zero attached hydrogens (tertiary/aromatic N) is 2. The Morgan fingerprint density at radius 2 is 2.33 bits per heavy atom. The van der Waals surface area contributed by atoms with Crippen molar-refractivity contribution >= 4 is 11.5 Å². The van der Waals surface area contributed by atoms with Crippen LogP contribution in [0.25, 0.3) is 0 Å². The van der Waals surface area contributed by atoms with Gasteiger partial charge in [0.1, 0.15) is 23.6 Å². The highest BCUT2D eigenvalue weighted by molar-refractivity contribution is 5.71. The van der Waals surface area contributed by atoms with E-state index in [-0.39, 0.29) is 24.1 Å². The fourth-order valence-corrected chi connectivity index (χ4v) is 1.58. The van der Waals surface area contributed by atoms with Gasteiger partial charge in [-0.05, 0) is 0 Å². The first-order valence-electron chi connectivity index (χ1n) is 4.42. The molecule has 0 aromatic carbocycles. The molecule has 0 aliphatic carbocycles. The first kappa shape index (κ1) is 9.55. The largest absolute Gasteiger partial charge is 0.471 e. The predicted octanol–water partition coefficient (Wildman–Crippen LogP) is -0.587. The Morgan fingerprint density at radius 1 is 1.60 bits per heavy atom. The summed E-state index contributed by atoms with van der Waals surface area (Å²) in [4.78, 5) is 3.93. The summed E-state index contributed by atoms with van der Waals surface area (Å²) in [5.41, 5.74) is 12.4. The monoisotopic (exact) mass is 206 g/mol. The second kappa shape index (κ2) is 3.29. The zero-order chi connectivity index (χ0) is 11.0. The Morgan fingerprint density at radius 3 is 2.93 bits per heavy atom. The number of hydrogen-bond donors (Lipinski definition) is 3. The Balaban J connectivity index is 2.53. The lowest BCUT2D eigenvalue weighted by molar-refractivity contribution is 0.131. The molecule has 0 amide bonds. The summed E-state index contributed by atoms with van der Waals surface area (Å²) >= 11 is 0. The molecule has 15 heavy (non-hydrogen) atoms. The van der Waals surface area contributed by atoms with Crippen LogP contribution in [0.15, 0.2) is 0 Å². The number of nitrogen functional groups attached to an aromatic ring is 2. The van der Waals surface area contributed by atoms with E-state index in [1.54, 1.807) is 0 Å². The van der Waals surface area contributed by atoms with Crippen molar-refractivity contribution in [2.75, 3.05) is 18.1 Å². The molecule has 0 spiro atoms. The summed E-state index contributed by atoms with van der Waals surface area (Å²) in [6, 6.07) is 1.90. The van der Waals surface area contributed by atoms with E-state index < -0.39 is 0 Å². The summed E-state index contributed by atoms with van der Waals surface area (Å²) in [5, 5.41) is 17.7. The highest BCUT2D eigenvalue weighted by Gasteiger charge is 2.28. The average molecular weight is 206 g/mol. The van der Waals surface area contributed by atoms with Gasteiger partial charge in [0, 0.05) is 12.0 Å². The zero-order valence-corrected chi connectivity index (χ0v) is 7.90. The number of pyridine rings is 1. The van der Waals surface area contributed by atoms with E-state index in [0.717, 1.165) is 0 Å². The van der Waals surface area contributed by atoms with Gasteiger partial charge in [0.25, 0.3) is 0 Å². The van der Waals surface area contributed by atoms with Crippen LogP contribution in [0.3, 0.4) is 0 Å². The van der Waals surface area contributed by atoms with E-state index in [1.165, 1.54) is 0 Å². The maximum Gasteiger partial charge on any atom is 0.221 e. The number of aliphatic hydroxyl groups excluding tert-OH is 1. The molecule has 2 heterocycles. The van der Waals surface area contributed by atoms with Crippen LogP contribution in [0.4, 0.5) is 11.5 Å². The third kappa shape index (κ3) is 1.33. The number of nitrogens with two attached hydrogens (primary N) is 2. The fraction of sp³-hybridized carbons (Fsp3) is 0.333. The molecule has 1 aromatic rings. The van der Waals surface area contributed by atoms with Gasteiger partial charge < -0.3 is 21.3 Å². The van der Waals surface area contributed by atoms with Gasteiger partial charge in [-0.25, -0.2) is 0 Å². The third-order valence-corrected chi connectivity index (χ3v) is 2.36. The molecule has 0 saturated heterocycles. The van der Waals surface area contributed by atoms with Gasteiger partial charge in [-0.2, -0.15) is 10.2 Å². The quantitative estimate of drug-likeness (QED) is 0.565. The summed E-state index contributed by atoms with van der Waals surface area (Å²) in [6.07, 6.45) is 0.114. The van der Waals surface area contributed by atoms with E-state index in [9.17, 15) is 0 Å². The van der Waals surface area contributed by atoms with Crippen molar-refractivity contribution in [1.82, 2.24) is 4.98 Å². The summed E-state index contributed by atoms with van der Waals surface area (Å²) in [5.74, 6) is 0.385. The molecule has 78 valence electrons. The molecule has 1 aliphatic rings. The van der Waals surface area contributed by atoms with E-state index in [1.807, 2.05) is 6.07 Å². The molecule has 0 unspecified atom stereocenters. The molecule has 0 radical (unpaired) electrons. The highest BCUT2D eigenvalue weighted by Crippen LogP contribution is 2.35. The van der Waals surface area contributed by atoms with E-state index in [4.69, 9.17) is 26.6 Å². The molecule has 0 fully saturated rings. The van der Waals surface area contributed by atoms with Gasteiger partial charge in [-0.3, -0.25) is 0 Å². The van der Waals surface area contributed by atoms with E-state index in [0.29, 0.717) is 23.6 Å². The lowest BCUT2D eigenvalue weighted by Gasteiger charge is -2.06. The molecule has 6 heteroatoms. The third-order valence-electron chi connectivity index (χ3n) is 2.36. The van der Waals surface area contributed by atoms with Crippen LogP contribution in [0.2, 0.25) is 0 Å². The predicted molar refractivity (Wildman–Crippen MR) is 53.0 cm³/mol. The molecule has 5 N–H and O–H groups in total. The second-order valence-corrected chi connectivity index (χ2v) is 3.31. The van der Waals surface area contributed by atoms with Crippen molar-refractivity contribution in [3.63, 3.8) is 0 Å². The van der Waals surface area contributed by atoms with Gasteiger partial charge in [0.2, 0.25) is 5.88 Å². The number of fused-ring (bicyclic) bond motifs is 1. The number of ether oxygens (including phenoxy) is 1.